The van der Waals surface area contributed by atoms with E-state index in [-0.39, 0.29) is 11.9 Å². The van der Waals surface area contributed by atoms with Crippen LogP contribution in [0.3, 0.4) is 0 Å². The van der Waals surface area contributed by atoms with Crippen LogP contribution in [0.25, 0.3) is 28.1 Å². The molecule has 0 aliphatic rings. The number of amides is 1. The van der Waals surface area contributed by atoms with Crippen molar-refractivity contribution in [3.05, 3.63) is 85.2 Å². The fraction of sp³-hybridized carbons (Fsp3) is 0.125. The predicted octanol–water partition coefficient (Wildman–Crippen LogP) is 4.51. The normalized spacial score (nSPS) is 11.2. The van der Waals surface area contributed by atoms with Gasteiger partial charge in [-0.05, 0) is 32.0 Å². The zero-order valence-corrected chi connectivity index (χ0v) is 17.7. The van der Waals surface area contributed by atoms with Crippen LogP contribution in [0.5, 0.6) is 0 Å². The standard InChI is InChI=1S/C24H21N7O/c1-16(2)31-23-20(14-27-31)19(12-21(29-23)17-6-4-3-5-7-17)24(32)28-18-8-9-22(26-13-18)30-11-10-25-15-30/h3-16H,1-2H3,(H,28,32). The average Bonchev–Trinajstić information content (AvgIpc) is 3.50. The van der Waals surface area contributed by atoms with E-state index in [2.05, 4.69) is 20.4 Å². The summed E-state index contributed by atoms with van der Waals surface area (Å²) in [6.45, 7) is 4.08. The third-order valence-electron chi connectivity index (χ3n) is 5.14. The number of aromatic nitrogens is 6. The lowest BCUT2D eigenvalue weighted by Gasteiger charge is -2.11. The van der Waals surface area contributed by atoms with Crippen molar-refractivity contribution in [3.8, 4) is 17.1 Å². The third-order valence-corrected chi connectivity index (χ3v) is 5.14. The van der Waals surface area contributed by atoms with E-state index in [0.717, 1.165) is 17.1 Å². The summed E-state index contributed by atoms with van der Waals surface area (Å²) in [4.78, 5) is 26.5. The molecule has 0 radical (unpaired) electrons. The summed E-state index contributed by atoms with van der Waals surface area (Å²) in [6, 6.07) is 15.4. The number of carbonyl (C=O) groups excluding carboxylic acids is 1. The number of benzene rings is 1. The van der Waals surface area contributed by atoms with Gasteiger partial charge in [0.15, 0.2) is 5.65 Å². The fourth-order valence-corrected chi connectivity index (χ4v) is 3.55. The number of hydrogen-bond acceptors (Lipinski definition) is 5. The van der Waals surface area contributed by atoms with Crippen LogP contribution < -0.4 is 5.32 Å². The molecule has 0 saturated carbocycles. The van der Waals surface area contributed by atoms with Gasteiger partial charge in [0.05, 0.1) is 34.7 Å². The molecule has 0 atom stereocenters. The highest BCUT2D eigenvalue weighted by atomic mass is 16.1. The van der Waals surface area contributed by atoms with E-state index in [4.69, 9.17) is 4.98 Å². The maximum atomic E-state index is 13.3. The van der Waals surface area contributed by atoms with Crippen LogP contribution in [0.15, 0.2) is 79.6 Å². The molecule has 4 heterocycles. The second-order valence-corrected chi connectivity index (χ2v) is 7.67. The molecule has 0 aliphatic heterocycles. The molecule has 1 amide bonds. The third kappa shape index (κ3) is 3.62. The summed E-state index contributed by atoms with van der Waals surface area (Å²) in [5, 5.41) is 8.13. The summed E-state index contributed by atoms with van der Waals surface area (Å²) < 4.78 is 3.63. The van der Waals surface area contributed by atoms with E-state index in [9.17, 15) is 4.79 Å². The number of fused-ring (bicyclic) bond motifs is 1. The second kappa shape index (κ2) is 8.07. The van der Waals surface area contributed by atoms with Gasteiger partial charge in [0.25, 0.3) is 5.91 Å². The van der Waals surface area contributed by atoms with E-state index >= 15 is 0 Å². The molecule has 0 aliphatic carbocycles. The SMILES string of the molecule is CC(C)n1ncc2c(C(=O)Nc3ccc(-n4ccnc4)nc3)cc(-c3ccccc3)nc21. The molecule has 0 bridgehead atoms. The summed E-state index contributed by atoms with van der Waals surface area (Å²) in [7, 11) is 0. The van der Waals surface area contributed by atoms with Crippen LogP contribution >= 0.6 is 0 Å². The van der Waals surface area contributed by atoms with Crippen LogP contribution in [0.1, 0.15) is 30.2 Å². The number of nitrogens with zero attached hydrogens (tertiary/aromatic N) is 6. The van der Waals surface area contributed by atoms with Gasteiger partial charge in [0.2, 0.25) is 0 Å². The van der Waals surface area contributed by atoms with Crippen molar-refractivity contribution in [3.63, 3.8) is 0 Å². The number of nitrogens with one attached hydrogen (secondary N) is 1. The fourth-order valence-electron chi connectivity index (χ4n) is 3.55. The van der Waals surface area contributed by atoms with Gasteiger partial charge >= 0.3 is 0 Å². The number of anilines is 1. The lowest BCUT2D eigenvalue weighted by molar-refractivity contribution is 0.102. The van der Waals surface area contributed by atoms with E-state index in [1.54, 1.807) is 29.5 Å². The molecule has 0 unspecified atom stereocenters. The Morgan fingerprint density at radius 2 is 1.91 bits per heavy atom. The zero-order valence-electron chi connectivity index (χ0n) is 17.7. The maximum absolute atomic E-state index is 13.3. The number of rotatable bonds is 5. The van der Waals surface area contributed by atoms with Gasteiger partial charge in [-0.2, -0.15) is 5.10 Å². The van der Waals surface area contributed by atoms with Gasteiger partial charge in [0.1, 0.15) is 12.1 Å². The highest BCUT2D eigenvalue weighted by Gasteiger charge is 2.19. The topological polar surface area (TPSA) is 90.5 Å². The first kappa shape index (κ1) is 19.6. The maximum Gasteiger partial charge on any atom is 0.256 e. The van der Waals surface area contributed by atoms with Crippen molar-refractivity contribution in [1.29, 1.82) is 0 Å². The van der Waals surface area contributed by atoms with E-state index < -0.39 is 0 Å². The minimum Gasteiger partial charge on any atom is -0.321 e. The first-order valence-corrected chi connectivity index (χ1v) is 10.3. The first-order chi connectivity index (χ1) is 15.6. The van der Waals surface area contributed by atoms with Gasteiger partial charge in [-0.3, -0.25) is 9.36 Å². The molecule has 4 aromatic heterocycles. The number of pyridine rings is 2. The molecule has 0 saturated heterocycles. The Morgan fingerprint density at radius 1 is 1.06 bits per heavy atom. The summed E-state index contributed by atoms with van der Waals surface area (Å²) in [5.41, 5.74) is 3.45. The molecule has 5 rings (SSSR count). The minimum absolute atomic E-state index is 0.113. The number of carbonyl (C=O) groups is 1. The monoisotopic (exact) mass is 423 g/mol. The predicted molar refractivity (Wildman–Crippen MR) is 123 cm³/mol. The summed E-state index contributed by atoms with van der Waals surface area (Å²) >= 11 is 0. The highest BCUT2D eigenvalue weighted by Crippen LogP contribution is 2.27. The van der Waals surface area contributed by atoms with Crippen molar-refractivity contribution >= 4 is 22.6 Å². The Hall–Kier alpha value is -4.33. The molecular weight excluding hydrogens is 402 g/mol. The van der Waals surface area contributed by atoms with E-state index in [1.165, 1.54) is 0 Å². The molecule has 0 spiro atoms. The Bertz CT molecular complexity index is 1370. The Balaban J connectivity index is 1.53. The van der Waals surface area contributed by atoms with Crippen molar-refractivity contribution < 1.29 is 4.79 Å². The first-order valence-electron chi connectivity index (χ1n) is 10.3. The Labute approximate surface area is 184 Å². The van der Waals surface area contributed by atoms with Crippen molar-refractivity contribution in [2.75, 3.05) is 5.32 Å². The van der Waals surface area contributed by atoms with Crippen LogP contribution in [0, 0.1) is 0 Å². The lowest BCUT2D eigenvalue weighted by Crippen LogP contribution is -2.14. The second-order valence-electron chi connectivity index (χ2n) is 7.67. The average molecular weight is 423 g/mol. The Morgan fingerprint density at radius 3 is 2.59 bits per heavy atom. The quantitative estimate of drug-likeness (QED) is 0.449. The molecule has 8 nitrogen and oxygen atoms in total. The molecule has 1 N–H and O–H groups in total. The molecule has 8 heteroatoms. The number of hydrogen-bond donors (Lipinski definition) is 1. The lowest BCUT2D eigenvalue weighted by atomic mass is 10.1. The van der Waals surface area contributed by atoms with Gasteiger partial charge in [-0.25, -0.2) is 19.6 Å². The van der Waals surface area contributed by atoms with Crippen LogP contribution in [-0.4, -0.2) is 35.2 Å². The van der Waals surface area contributed by atoms with Gasteiger partial charge in [0, 0.05) is 24.0 Å². The van der Waals surface area contributed by atoms with Crippen molar-refractivity contribution in [2.24, 2.45) is 0 Å². The van der Waals surface area contributed by atoms with Crippen molar-refractivity contribution in [2.45, 2.75) is 19.9 Å². The van der Waals surface area contributed by atoms with Gasteiger partial charge in [-0.1, -0.05) is 30.3 Å². The van der Waals surface area contributed by atoms with Crippen LogP contribution in [0.2, 0.25) is 0 Å². The summed E-state index contributed by atoms with van der Waals surface area (Å²) in [5.74, 6) is 0.478. The van der Waals surface area contributed by atoms with Crippen LogP contribution in [0.4, 0.5) is 5.69 Å². The van der Waals surface area contributed by atoms with Crippen LogP contribution in [-0.2, 0) is 0 Å². The summed E-state index contributed by atoms with van der Waals surface area (Å²) in [6.07, 6.45) is 8.50. The highest BCUT2D eigenvalue weighted by molar-refractivity contribution is 6.12. The van der Waals surface area contributed by atoms with Gasteiger partial charge < -0.3 is 5.32 Å². The minimum atomic E-state index is -0.241. The largest absolute Gasteiger partial charge is 0.321 e. The van der Waals surface area contributed by atoms with Crippen molar-refractivity contribution in [1.82, 2.24) is 29.3 Å². The molecular formula is C24H21N7O. The van der Waals surface area contributed by atoms with E-state index in [0.29, 0.717) is 22.3 Å². The molecule has 32 heavy (non-hydrogen) atoms. The molecule has 5 aromatic rings. The molecule has 1 aromatic carbocycles. The number of imidazole rings is 1. The van der Waals surface area contributed by atoms with Gasteiger partial charge in [-0.15, -0.1) is 0 Å². The molecule has 158 valence electrons. The smallest absolute Gasteiger partial charge is 0.256 e. The van der Waals surface area contributed by atoms with E-state index in [1.807, 2.05) is 73.3 Å². The molecule has 0 fully saturated rings. The Kier molecular flexibility index (Phi) is 4.95. The zero-order chi connectivity index (χ0) is 22.1.